The molecule has 0 saturated heterocycles. The van der Waals surface area contributed by atoms with E-state index in [0.29, 0.717) is 11.5 Å². The van der Waals surface area contributed by atoms with Crippen LogP contribution >= 0.6 is 0 Å². The first kappa shape index (κ1) is 18.6. The third-order valence-electron chi connectivity index (χ3n) is 2.75. The molecule has 0 radical (unpaired) electrons. The molecule has 0 saturated carbocycles. The van der Waals surface area contributed by atoms with Gasteiger partial charge >= 0.3 is 6.09 Å². The lowest BCUT2D eigenvalue weighted by atomic mass is 10.2. The molecule has 0 aromatic heterocycles. The Hall–Kier alpha value is -2.44. The van der Waals surface area contributed by atoms with E-state index in [-0.39, 0.29) is 19.0 Å². The Balaban J connectivity index is 2.50. The van der Waals surface area contributed by atoms with Crippen LogP contribution in [0.15, 0.2) is 18.2 Å². The van der Waals surface area contributed by atoms with Gasteiger partial charge < -0.3 is 24.8 Å². The Bertz CT molecular complexity index is 552. The Morgan fingerprint density at radius 3 is 2.35 bits per heavy atom. The molecule has 0 heterocycles. The lowest BCUT2D eigenvalue weighted by molar-refractivity contribution is -0.120. The molecule has 2 N–H and O–H groups in total. The second kappa shape index (κ2) is 8.26. The molecule has 1 aromatic carbocycles. The topological polar surface area (TPSA) is 85.9 Å². The first-order valence-electron chi connectivity index (χ1n) is 7.20. The second-order valence-electron chi connectivity index (χ2n) is 5.78. The van der Waals surface area contributed by atoms with Crippen molar-refractivity contribution in [3.05, 3.63) is 23.8 Å². The minimum Gasteiger partial charge on any atom is -0.493 e. The average molecular weight is 324 g/mol. The highest BCUT2D eigenvalue weighted by Crippen LogP contribution is 2.30. The normalized spacial score (nSPS) is 10.7. The first-order chi connectivity index (χ1) is 10.8. The maximum absolute atomic E-state index is 11.8. The lowest BCUT2D eigenvalue weighted by Gasteiger charge is -2.19. The Labute approximate surface area is 136 Å². The zero-order valence-electron chi connectivity index (χ0n) is 14.2. The number of ether oxygens (including phenoxy) is 3. The number of carbonyl (C=O) groups excluding carboxylic acids is 2. The quantitative estimate of drug-likeness (QED) is 0.834. The number of benzene rings is 1. The van der Waals surface area contributed by atoms with Crippen LogP contribution in [0.4, 0.5) is 4.79 Å². The molecule has 0 unspecified atom stereocenters. The summed E-state index contributed by atoms with van der Waals surface area (Å²) < 4.78 is 15.5. The van der Waals surface area contributed by atoms with E-state index in [1.54, 1.807) is 33.9 Å². The molecule has 2 amide bonds. The second-order valence-corrected chi connectivity index (χ2v) is 5.78. The van der Waals surface area contributed by atoms with E-state index in [1.807, 2.05) is 12.1 Å². The van der Waals surface area contributed by atoms with Crippen molar-refractivity contribution in [2.75, 3.05) is 20.8 Å². The van der Waals surface area contributed by atoms with E-state index in [4.69, 9.17) is 14.2 Å². The SMILES string of the molecule is COc1cccc(CNC(=O)CNC(=O)OC(C)(C)C)c1OC. The number of hydrogen-bond donors (Lipinski definition) is 2. The first-order valence-corrected chi connectivity index (χ1v) is 7.20. The molecule has 0 spiro atoms. The molecule has 0 atom stereocenters. The van der Waals surface area contributed by atoms with Crippen molar-refractivity contribution in [3.8, 4) is 11.5 Å². The molecule has 0 bridgehead atoms. The highest BCUT2D eigenvalue weighted by Gasteiger charge is 2.16. The molecule has 0 fully saturated rings. The van der Waals surface area contributed by atoms with Crippen LogP contribution in [-0.4, -0.2) is 38.4 Å². The maximum Gasteiger partial charge on any atom is 0.408 e. The van der Waals surface area contributed by atoms with Crippen molar-refractivity contribution in [1.29, 1.82) is 0 Å². The zero-order valence-corrected chi connectivity index (χ0v) is 14.2. The minimum atomic E-state index is -0.633. The van der Waals surface area contributed by atoms with Crippen LogP contribution in [0.5, 0.6) is 11.5 Å². The molecule has 128 valence electrons. The summed E-state index contributed by atoms with van der Waals surface area (Å²) in [6.45, 7) is 5.35. The predicted molar refractivity (Wildman–Crippen MR) is 85.6 cm³/mol. The van der Waals surface area contributed by atoms with Gasteiger partial charge in [-0.25, -0.2) is 4.79 Å². The molecule has 23 heavy (non-hydrogen) atoms. The molecule has 0 aliphatic carbocycles. The van der Waals surface area contributed by atoms with Crippen LogP contribution in [0.3, 0.4) is 0 Å². The minimum absolute atomic E-state index is 0.165. The van der Waals surface area contributed by atoms with Crippen molar-refractivity contribution in [3.63, 3.8) is 0 Å². The maximum atomic E-state index is 11.8. The standard InChI is InChI=1S/C16H24N2O5/c1-16(2,3)23-15(20)18-10-13(19)17-9-11-7-6-8-12(21-4)14(11)22-5/h6-8H,9-10H2,1-5H3,(H,17,19)(H,18,20). The number of amides is 2. The molecule has 1 rings (SSSR count). The van der Waals surface area contributed by atoms with Gasteiger partial charge in [0.25, 0.3) is 0 Å². The van der Waals surface area contributed by atoms with E-state index in [9.17, 15) is 9.59 Å². The van der Waals surface area contributed by atoms with Crippen LogP contribution in [-0.2, 0) is 16.1 Å². The molecular formula is C16H24N2O5. The number of carbonyl (C=O) groups is 2. The Morgan fingerprint density at radius 2 is 1.78 bits per heavy atom. The smallest absolute Gasteiger partial charge is 0.408 e. The van der Waals surface area contributed by atoms with Crippen LogP contribution in [0.25, 0.3) is 0 Å². The summed E-state index contributed by atoms with van der Waals surface area (Å²) in [7, 11) is 3.08. The summed E-state index contributed by atoms with van der Waals surface area (Å²) in [6.07, 6.45) is -0.633. The van der Waals surface area contributed by atoms with Crippen molar-refractivity contribution in [2.45, 2.75) is 32.9 Å². The van der Waals surface area contributed by atoms with E-state index < -0.39 is 11.7 Å². The number of rotatable bonds is 6. The van der Waals surface area contributed by atoms with Gasteiger partial charge in [-0.1, -0.05) is 12.1 Å². The van der Waals surface area contributed by atoms with Crippen LogP contribution in [0.2, 0.25) is 0 Å². The van der Waals surface area contributed by atoms with Gasteiger partial charge in [0.2, 0.25) is 5.91 Å². The molecular weight excluding hydrogens is 300 g/mol. The summed E-state index contributed by atoms with van der Waals surface area (Å²) in [5.41, 5.74) is 0.173. The van der Waals surface area contributed by atoms with Gasteiger partial charge in [-0.3, -0.25) is 4.79 Å². The van der Waals surface area contributed by atoms with Crippen molar-refractivity contribution in [1.82, 2.24) is 10.6 Å². The third kappa shape index (κ3) is 6.46. The van der Waals surface area contributed by atoms with Gasteiger partial charge in [0.05, 0.1) is 14.2 Å². The third-order valence-corrected chi connectivity index (χ3v) is 2.75. The van der Waals surface area contributed by atoms with Gasteiger partial charge in [-0.05, 0) is 26.8 Å². The van der Waals surface area contributed by atoms with E-state index in [2.05, 4.69) is 10.6 Å². The van der Waals surface area contributed by atoms with Crippen molar-refractivity contribution in [2.24, 2.45) is 0 Å². The van der Waals surface area contributed by atoms with Gasteiger partial charge in [-0.15, -0.1) is 0 Å². The highest BCUT2D eigenvalue weighted by molar-refractivity contribution is 5.82. The van der Waals surface area contributed by atoms with Gasteiger partial charge in [-0.2, -0.15) is 0 Å². The van der Waals surface area contributed by atoms with Crippen LogP contribution in [0.1, 0.15) is 26.3 Å². The summed E-state index contributed by atoms with van der Waals surface area (Å²) in [6, 6.07) is 5.40. The highest BCUT2D eigenvalue weighted by atomic mass is 16.6. The molecule has 7 heteroatoms. The zero-order chi connectivity index (χ0) is 17.5. The summed E-state index contributed by atoms with van der Waals surface area (Å²) in [5, 5.41) is 5.10. The predicted octanol–water partition coefficient (Wildman–Crippen LogP) is 1.84. The number of hydrogen-bond acceptors (Lipinski definition) is 5. The number of methoxy groups -OCH3 is 2. The van der Waals surface area contributed by atoms with Crippen LogP contribution in [0, 0.1) is 0 Å². The summed E-state index contributed by atoms with van der Waals surface area (Å²) in [4.78, 5) is 23.3. The molecule has 1 aromatic rings. The average Bonchev–Trinajstić information content (AvgIpc) is 2.48. The number of para-hydroxylation sites is 1. The fourth-order valence-corrected chi connectivity index (χ4v) is 1.82. The van der Waals surface area contributed by atoms with Gasteiger partial charge in [0.1, 0.15) is 12.1 Å². The summed E-state index contributed by atoms with van der Waals surface area (Å²) >= 11 is 0. The summed E-state index contributed by atoms with van der Waals surface area (Å²) in [5.74, 6) is 0.822. The number of alkyl carbamates (subject to hydrolysis) is 1. The fourth-order valence-electron chi connectivity index (χ4n) is 1.82. The number of nitrogens with one attached hydrogen (secondary N) is 2. The lowest BCUT2D eigenvalue weighted by Crippen LogP contribution is -2.39. The Kier molecular flexibility index (Phi) is 6.68. The van der Waals surface area contributed by atoms with Crippen molar-refractivity contribution >= 4 is 12.0 Å². The fraction of sp³-hybridized carbons (Fsp3) is 0.500. The Morgan fingerprint density at radius 1 is 1.09 bits per heavy atom. The van der Waals surface area contributed by atoms with Crippen molar-refractivity contribution < 1.29 is 23.8 Å². The van der Waals surface area contributed by atoms with E-state index in [0.717, 1.165) is 5.56 Å². The van der Waals surface area contributed by atoms with Crippen LogP contribution < -0.4 is 20.1 Å². The largest absolute Gasteiger partial charge is 0.493 e. The van der Waals surface area contributed by atoms with E-state index >= 15 is 0 Å². The van der Waals surface area contributed by atoms with Gasteiger partial charge in [0.15, 0.2) is 11.5 Å². The molecule has 0 aliphatic heterocycles. The molecule has 0 aliphatic rings. The molecule has 7 nitrogen and oxygen atoms in total. The van der Waals surface area contributed by atoms with E-state index in [1.165, 1.54) is 7.11 Å². The monoisotopic (exact) mass is 324 g/mol. The van der Waals surface area contributed by atoms with Gasteiger partial charge in [0, 0.05) is 12.1 Å².